The van der Waals surface area contributed by atoms with E-state index in [0.717, 1.165) is 12.1 Å². The molecule has 0 aliphatic carbocycles. The van der Waals surface area contributed by atoms with E-state index in [0.29, 0.717) is 12.4 Å². The molecule has 0 bridgehead atoms. The molecule has 2 rings (SSSR count). The summed E-state index contributed by atoms with van der Waals surface area (Å²) in [4.78, 5) is 2.53. The van der Waals surface area contributed by atoms with Gasteiger partial charge in [0.25, 0.3) is 0 Å². The molecule has 0 aliphatic heterocycles. The molecule has 0 unspecified atom stereocenters. The lowest BCUT2D eigenvalue weighted by Crippen LogP contribution is -2.02. The fraction of sp³-hybridized carbons (Fsp3) is 0.286. The SMILES string of the molecule is CNCc1cc(COc2cccc(F)c2)c(C)s1. The molecule has 0 amide bonds. The summed E-state index contributed by atoms with van der Waals surface area (Å²) in [5, 5.41) is 3.13. The molecule has 1 N–H and O–H groups in total. The Balaban J connectivity index is 2.01. The van der Waals surface area contributed by atoms with Gasteiger partial charge in [0.2, 0.25) is 0 Å². The lowest BCUT2D eigenvalue weighted by Gasteiger charge is -2.05. The standard InChI is InChI=1S/C14H16FNOS/c1-10-11(6-14(18-10)8-16-2)9-17-13-5-3-4-12(15)7-13/h3-7,16H,8-9H2,1-2H3. The summed E-state index contributed by atoms with van der Waals surface area (Å²) in [5.74, 6) is 0.293. The smallest absolute Gasteiger partial charge is 0.126 e. The fourth-order valence-corrected chi connectivity index (χ4v) is 2.77. The van der Waals surface area contributed by atoms with Gasteiger partial charge < -0.3 is 10.1 Å². The van der Waals surface area contributed by atoms with Crippen LogP contribution in [0.2, 0.25) is 0 Å². The van der Waals surface area contributed by atoms with E-state index in [9.17, 15) is 4.39 Å². The summed E-state index contributed by atoms with van der Waals surface area (Å²) < 4.78 is 18.6. The molecular formula is C14H16FNOS. The van der Waals surface area contributed by atoms with Gasteiger partial charge in [0.15, 0.2) is 0 Å². The number of hydrogen-bond acceptors (Lipinski definition) is 3. The predicted octanol–water partition coefficient (Wildman–Crippen LogP) is 3.49. The first-order chi connectivity index (χ1) is 8.69. The fourth-order valence-electron chi connectivity index (χ4n) is 1.71. The number of benzene rings is 1. The van der Waals surface area contributed by atoms with Gasteiger partial charge in [-0.1, -0.05) is 6.07 Å². The van der Waals surface area contributed by atoms with Crippen LogP contribution in [0.25, 0.3) is 0 Å². The summed E-state index contributed by atoms with van der Waals surface area (Å²) in [6, 6.07) is 8.36. The van der Waals surface area contributed by atoms with E-state index >= 15 is 0 Å². The Kier molecular flexibility index (Phi) is 4.33. The van der Waals surface area contributed by atoms with Crippen LogP contribution in [0.1, 0.15) is 15.3 Å². The maximum Gasteiger partial charge on any atom is 0.126 e. The van der Waals surface area contributed by atoms with Gasteiger partial charge in [-0.15, -0.1) is 11.3 Å². The highest BCUT2D eigenvalue weighted by Crippen LogP contribution is 2.23. The van der Waals surface area contributed by atoms with Gasteiger partial charge in [0.1, 0.15) is 18.2 Å². The Morgan fingerprint density at radius 1 is 1.33 bits per heavy atom. The Morgan fingerprint density at radius 2 is 2.17 bits per heavy atom. The van der Waals surface area contributed by atoms with Crippen molar-refractivity contribution in [2.24, 2.45) is 0 Å². The van der Waals surface area contributed by atoms with Crippen molar-refractivity contribution in [2.75, 3.05) is 7.05 Å². The monoisotopic (exact) mass is 265 g/mol. The highest BCUT2D eigenvalue weighted by molar-refractivity contribution is 7.12. The Morgan fingerprint density at radius 3 is 2.89 bits per heavy atom. The van der Waals surface area contributed by atoms with Crippen molar-refractivity contribution in [3.05, 3.63) is 51.5 Å². The average Bonchev–Trinajstić information content (AvgIpc) is 2.68. The van der Waals surface area contributed by atoms with Crippen LogP contribution in [-0.4, -0.2) is 7.05 Å². The van der Waals surface area contributed by atoms with Gasteiger partial charge >= 0.3 is 0 Å². The summed E-state index contributed by atoms with van der Waals surface area (Å²) >= 11 is 1.76. The van der Waals surface area contributed by atoms with Crippen LogP contribution in [0.3, 0.4) is 0 Å². The van der Waals surface area contributed by atoms with Crippen molar-refractivity contribution < 1.29 is 9.13 Å². The third kappa shape index (κ3) is 3.31. The second-order valence-corrected chi connectivity index (χ2v) is 5.41. The normalized spacial score (nSPS) is 10.6. The lowest BCUT2D eigenvalue weighted by molar-refractivity contribution is 0.304. The van der Waals surface area contributed by atoms with E-state index in [1.54, 1.807) is 23.5 Å². The minimum Gasteiger partial charge on any atom is -0.489 e. The summed E-state index contributed by atoms with van der Waals surface area (Å²) in [5.41, 5.74) is 1.16. The summed E-state index contributed by atoms with van der Waals surface area (Å²) in [6.07, 6.45) is 0. The topological polar surface area (TPSA) is 21.3 Å². The minimum atomic E-state index is -0.273. The molecule has 0 spiro atoms. The minimum absolute atomic E-state index is 0.273. The van der Waals surface area contributed by atoms with E-state index in [-0.39, 0.29) is 5.82 Å². The largest absolute Gasteiger partial charge is 0.489 e. The Hall–Kier alpha value is -1.39. The zero-order chi connectivity index (χ0) is 13.0. The second-order valence-electron chi connectivity index (χ2n) is 4.07. The first kappa shape index (κ1) is 13.1. The number of thiophene rings is 1. The first-order valence-electron chi connectivity index (χ1n) is 5.80. The molecule has 0 atom stereocenters. The first-order valence-corrected chi connectivity index (χ1v) is 6.62. The van der Waals surface area contributed by atoms with Gasteiger partial charge in [-0.3, -0.25) is 0 Å². The maximum absolute atomic E-state index is 13.0. The molecule has 0 saturated heterocycles. The van der Waals surface area contributed by atoms with Gasteiger partial charge in [-0.2, -0.15) is 0 Å². The van der Waals surface area contributed by atoms with Crippen molar-refractivity contribution in [2.45, 2.75) is 20.1 Å². The quantitative estimate of drug-likeness (QED) is 0.893. The molecule has 0 fully saturated rings. The molecule has 0 saturated carbocycles. The number of rotatable bonds is 5. The molecule has 1 aromatic carbocycles. The molecular weight excluding hydrogens is 249 g/mol. The third-order valence-electron chi connectivity index (χ3n) is 2.61. The molecule has 2 nitrogen and oxygen atoms in total. The highest BCUT2D eigenvalue weighted by atomic mass is 32.1. The molecule has 2 aromatic rings. The molecule has 0 aliphatic rings. The van der Waals surface area contributed by atoms with E-state index in [2.05, 4.69) is 18.3 Å². The van der Waals surface area contributed by atoms with Gasteiger partial charge in [0, 0.05) is 27.9 Å². The second kappa shape index (κ2) is 5.98. The van der Waals surface area contributed by atoms with Crippen LogP contribution in [0.5, 0.6) is 5.75 Å². The van der Waals surface area contributed by atoms with Crippen molar-refractivity contribution in [3.63, 3.8) is 0 Å². The zero-order valence-corrected chi connectivity index (χ0v) is 11.3. The lowest BCUT2D eigenvalue weighted by atomic mass is 10.2. The van der Waals surface area contributed by atoms with Gasteiger partial charge in [0.05, 0.1) is 0 Å². The van der Waals surface area contributed by atoms with Crippen molar-refractivity contribution in [1.82, 2.24) is 5.32 Å². The van der Waals surface area contributed by atoms with Gasteiger partial charge in [-0.25, -0.2) is 4.39 Å². The molecule has 18 heavy (non-hydrogen) atoms. The van der Waals surface area contributed by atoms with E-state index in [4.69, 9.17) is 4.74 Å². The van der Waals surface area contributed by atoms with Crippen molar-refractivity contribution in [1.29, 1.82) is 0 Å². The zero-order valence-electron chi connectivity index (χ0n) is 10.5. The third-order valence-corrected chi connectivity index (χ3v) is 3.71. The average molecular weight is 265 g/mol. The Labute approximate surface area is 110 Å². The predicted molar refractivity (Wildman–Crippen MR) is 72.6 cm³/mol. The molecule has 96 valence electrons. The number of aryl methyl sites for hydroxylation is 1. The van der Waals surface area contributed by atoms with Crippen LogP contribution >= 0.6 is 11.3 Å². The van der Waals surface area contributed by atoms with E-state index in [1.807, 2.05) is 7.05 Å². The van der Waals surface area contributed by atoms with E-state index in [1.165, 1.54) is 21.9 Å². The van der Waals surface area contributed by atoms with Crippen LogP contribution in [-0.2, 0) is 13.2 Å². The van der Waals surface area contributed by atoms with Crippen molar-refractivity contribution in [3.8, 4) is 5.75 Å². The van der Waals surface area contributed by atoms with Crippen molar-refractivity contribution >= 4 is 11.3 Å². The Bertz CT molecular complexity index is 524. The van der Waals surface area contributed by atoms with Crippen LogP contribution in [0.15, 0.2) is 30.3 Å². The van der Waals surface area contributed by atoms with Crippen LogP contribution in [0.4, 0.5) is 4.39 Å². The summed E-state index contributed by atoms with van der Waals surface area (Å²) in [6.45, 7) is 3.43. The molecule has 4 heteroatoms. The maximum atomic E-state index is 13.0. The molecule has 1 heterocycles. The summed E-state index contributed by atoms with van der Waals surface area (Å²) in [7, 11) is 1.93. The van der Waals surface area contributed by atoms with Crippen LogP contribution < -0.4 is 10.1 Å². The number of ether oxygens (including phenoxy) is 1. The number of nitrogens with one attached hydrogen (secondary N) is 1. The number of hydrogen-bond donors (Lipinski definition) is 1. The van der Waals surface area contributed by atoms with Crippen LogP contribution in [0, 0.1) is 12.7 Å². The molecule has 1 aromatic heterocycles. The highest BCUT2D eigenvalue weighted by Gasteiger charge is 2.06. The molecule has 0 radical (unpaired) electrons. The van der Waals surface area contributed by atoms with E-state index < -0.39 is 0 Å². The number of halogens is 1. The van der Waals surface area contributed by atoms with Gasteiger partial charge in [-0.05, 0) is 32.2 Å².